The molecular weight excluding hydrogens is 340 g/mol. The van der Waals surface area contributed by atoms with Gasteiger partial charge in [0.25, 0.3) is 5.91 Å². The number of amides is 1. The molecule has 1 fully saturated rings. The van der Waals surface area contributed by atoms with Crippen LogP contribution in [0.15, 0.2) is 42.5 Å². The number of hydrogen-bond donors (Lipinski definition) is 1. The van der Waals surface area contributed by atoms with E-state index in [0.29, 0.717) is 10.8 Å². The Morgan fingerprint density at radius 2 is 1.80 bits per heavy atom. The highest BCUT2D eigenvalue weighted by Crippen LogP contribution is 2.31. The van der Waals surface area contributed by atoms with Crippen LogP contribution in [0, 0.1) is 0 Å². The predicted octanol–water partition coefficient (Wildman–Crippen LogP) is 3.97. The number of anilines is 2. The van der Waals surface area contributed by atoms with Gasteiger partial charge in [-0.1, -0.05) is 11.6 Å². The first kappa shape index (κ1) is 17.4. The zero-order valence-corrected chi connectivity index (χ0v) is 14.9. The van der Waals surface area contributed by atoms with E-state index in [-0.39, 0.29) is 12.5 Å². The summed E-state index contributed by atoms with van der Waals surface area (Å²) in [7, 11) is 1.60. The molecule has 0 radical (unpaired) electrons. The van der Waals surface area contributed by atoms with E-state index in [1.54, 1.807) is 37.4 Å². The number of halogens is 1. The number of carbonyl (C=O) groups is 1. The number of rotatable bonds is 6. The molecule has 1 aliphatic heterocycles. The van der Waals surface area contributed by atoms with Crippen molar-refractivity contribution in [1.82, 2.24) is 0 Å². The van der Waals surface area contributed by atoms with Gasteiger partial charge in [-0.2, -0.15) is 0 Å². The number of benzene rings is 2. The van der Waals surface area contributed by atoms with Crippen LogP contribution < -0.4 is 19.7 Å². The van der Waals surface area contributed by atoms with Crippen molar-refractivity contribution in [3.8, 4) is 11.5 Å². The summed E-state index contributed by atoms with van der Waals surface area (Å²) in [4.78, 5) is 14.5. The second-order valence-electron chi connectivity index (χ2n) is 5.87. The van der Waals surface area contributed by atoms with Gasteiger partial charge >= 0.3 is 0 Å². The van der Waals surface area contributed by atoms with Crippen molar-refractivity contribution in [2.45, 2.75) is 12.8 Å². The van der Waals surface area contributed by atoms with Gasteiger partial charge in [0.15, 0.2) is 6.61 Å². The Morgan fingerprint density at radius 1 is 1.12 bits per heavy atom. The van der Waals surface area contributed by atoms with Gasteiger partial charge in [-0.15, -0.1) is 0 Å². The van der Waals surface area contributed by atoms with Gasteiger partial charge in [0, 0.05) is 18.1 Å². The Hall–Kier alpha value is -2.40. The van der Waals surface area contributed by atoms with Crippen molar-refractivity contribution in [1.29, 1.82) is 0 Å². The van der Waals surface area contributed by atoms with E-state index in [0.717, 1.165) is 43.1 Å². The molecule has 0 aromatic heterocycles. The van der Waals surface area contributed by atoms with E-state index in [1.807, 2.05) is 12.1 Å². The van der Waals surface area contributed by atoms with Crippen LogP contribution in [0.1, 0.15) is 12.8 Å². The zero-order valence-electron chi connectivity index (χ0n) is 14.1. The lowest BCUT2D eigenvalue weighted by molar-refractivity contribution is -0.118. The second-order valence-corrected chi connectivity index (χ2v) is 6.30. The maximum absolute atomic E-state index is 12.3. The van der Waals surface area contributed by atoms with Crippen LogP contribution in [0.5, 0.6) is 11.5 Å². The standard InChI is InChI=1S/C19H21ClN2O3/c1-24-15-5-7-16(8-6-15)25-13-19(23)21-17-12-14(20)4-9-18(17)22-10-2-3-11-22/h4-9,12H,2-3,10-11,13H2,1H3,(H,21,23). The van der Waals surface area contributed by atoms with E-state index in [1.165, 1.54) is 0 Å². The summed E-state index contributed by atoms with van der Waals surface area (Å²) in [6.45, 7) is 1.91. The lowest BCUT2D eigenvalue weighted by Gasteiger charge is -2.22. The number of ether oxygens (including phenoxy) is 2. The van der Waals surface area contributed by atoms with Crippen LogP contribution in [0.25, 0.3) is 0 Å². The molecule has 132 valence electrons. The first-order valence-corrected chi connectivity index (χ1v) is 8.65. The molecule has 1 amide bonds. The molecule has 0 saturated carbocycles. The van der Waals surface area contributed by atoms with Gasteiger partial charge in [-0.05, 0) is 55.3 Å². The normalized spacial score (nSPS) is 13.6. The molecule has 5 nitrogen and oxygen atoms in total. The lowest BCUT2D eigenvalue weighted by Crippen LogP contribution is -2.24. The van der Waals surface area contributed by atoms with Crippen LogP contribution in [-0.4, -0.2) is 32.7 Å². The van der Waals surface area contributed by atoms with Gasteiger partial charge < -0.3 is 19.7 Å². The summed E-state index contributed by atoms with van der Waals surface area (Å²) in [5.41, 5.74) is 1.72. The van der Waals surface area contributed by atoms with E-state index < -0.39 is 0 Å². The number of hydrogen-bond acceptors (Lipinski definition) is 4. The fraction of sp³-hybridized carbons (Fsp3) is 0.316. The molecule has 0 aliphatic carbocycles. The molecule has 0 atom stereocenters. The highest BCUT2D eigenvalue weighted by Gasteiger charge is 2.17. The van der Waals surface area contributed by atoms with Crippen molar-refractivity contribution in [2.24, 2.45) is 0 Å². The van der Waals surface area contributed by atoms with E-state index >= 15 is 0 Å². The minimum atomic E-state index is -0.224. The Kier molecular flexibility index (Phi) is 5.66. The van der Waals surface area contributed by atoms with Crippen molar-refractivity contribution >= 4 is 28.9 Å². The summed E-state index contributed by atoms with van der Waals surface area (Å²) >= 11 is 6.10. The molecule has 2 aromatic rings. The van der Waals surface area contributed by atoms with E-state index in [9.17, 15) is 4.79 Å². The molecule has 1 aliphatic rings. The van der Waals surface area contributed by atoms with Crippen molar-refractivity contribution < 1.29 is 14.3 Å². The number of carbonyl (C=O) groups excluding carboxylic acids is 1. The molecule has 0 bridgehead atoms. The third-order valence-corrected chi connectivity index (χ3v) is 4.34. The van der Waals surface area contributed by atoms with E-state index in [4.69, 9.17) is 21.1 Å². The van der Waals surface area contributed by atoms with Gasteiger partial charge in [-0.3, -0.25) is 4.79 Å². The minimum Gasteiger partial charge on any atom is -0.497 e. The van der Waals surface area contributed by atoms with Crippen molar-refractivity contribution in [3.05, 3.63) is 47.5 Å². The second kappa shape index (κ2) is 8.12. The number of nitrogens with zero attached hydrogens (tertiary/aromatic N) is 1. The van der Waals surface area contributed by atoms with Gasteiger partial charge in [0.1, 0.15) is 11.5 Å². The van der Waals surface area contributed by atoms with Crippen LogP contribution >= 0.6 is 11.6 Å². The molecular formula is C19H21ClN2O3. The molecule has 2 aromatic carbocycles. The first-order valence-electron chi connectivity index (χ1n) is 8.27. The largest absolute Gasteiger partial charge is 0.497 e. The maximum atomic E-state index is 12.3. The zero-order chi connectivity index (χ0) is 17.6. The number of methoxy groups -OCH3 is 1. The molecule has 1 saturated heterocycles. The van der Waals surface area contributed by atoms with Crippen LogP contribution in [-0.2, 0) is 4.79 Å². The van der Waals surface area contributed by atoms with Gasteiger partial charge in [0.2, 0.25) is 0 Å². The van der Waals surface area contributed by atoms with Crippen molar-refractivity contribution in [3.63, 3.8) is 0 Å². The average Bonchev–Trinajstić information content (AvgIpc) is 3.15. The van der Waals surface area contributed by atoms with E-state index in [2.05, 4.69) is 10.2 Å². The fourth-order valence-electron chi connectivity index (χ4n) is 2.85. The predicted molar refractivity (Wildman–Crippen MR) is 100 cm³/mol. The average molecular weight is 361 g/mol. The van der Waals surface area contributed by atoms with Crippen LogP contribution in [0.2, 0.25) is 5.02 Å². The molecule has 0 spiro atoms. The Labute approximate surface area is 152 Å². The molecule has 0 unspecified atom stereocenters. The topological polar surface area (TPSA) is 50.8 Å². The Balaban J connectivity index is 1.62. The summed E-state index contributed by atoms with van der Waals surface area (Å²) < 4.78 is 10.6. The van der Waals surface area contributed by atoms with Crippen molar-refractivity contribution in [2.75, 3.05) is 37.0 Å². The van der Waals surface area contributed by atoms with Gasteiger partial charge in [-0.25, -0.2) is 0 Å². The smallest absolute Gasteiger partial charge is 0.262 e. The highest BCUT2D eigenvalue weighted by atomic mass is 35.5. The summed E-state index contributed by atoms with van der Waals surface area (Å²) in [5.74, 6) is 1.13. The van der Waals surface area contributed by atoms with Crippen LogP contribution in [0.4, 0.5) is 11.4 Å². The SMILES string of the molecule is COc1ccc(OCC(=O)Nc2cc(Cl)ccc2N2CCCC2)cc1. The van der Waals surface area contributed by atoms with Crippen LogP contribution in [0.3, 0.4) is 0 Å². The quantitative estimate of drug-likeness (QED) is 0.847. The third-order valence-electron chi connectivity index (χ3n) is 4.11. The summed E-state index contributed by atoms with van der Waals surface area (Å²) in [6, 6.07) is 12.7. The third kappa shape index (κ3) is 4.57. The Morgan fingerprint density at radius 3 is 2.48 bits per heavy atom. The van der Waals surface area contributed by atoms with Gasteiger partial charge in [0.05, 0.1) is 18.5 Å². The molecule has 25 heavy (non-hydrogen) atoms. The molecule has 3 rings (SSSR count). The number of nitrogens with one attached hydrogen (secondary N) is 1. The minimum absolute atomic E-state index is 0.0711. The first-order chi connectivity index (χ1) is 12.2. The maximum Gasteiger partial charge on any atom is 0.262 e. The lowest BCUT2D eigenvalue weighted by atomic mass is 10.2. The summed E-state index contributed by atoms with van der Waals surface area (Å²) in [6.07, 6.45) is 2.33. The Bertz CT molecular complexity index is 728. The molecule has 1 N–H and O–H groups in total. The molecule has 1 heterocycles. The fourth-order valence-corrected chi connectivity index (χ4v) is 3.02. The summed E-state index contributed by atoms with van der Waals surface area (Å²) in [5, 5.41) is 3.50. The molecule has 6 heteroatoms. The monoisotopic (exact) mass is 360 g/mol. The highest BCUT2D eigenvalue weighted by molar-refractivity contribution is 6.31.